The maximum absolute atomic E-state index is 13.2. The molecule has 34 heavy (non-hydrogen) atoms. The first kappa shape index (κ1) is 25.7. The van der Waals surface area contributed by atoms with Gasteiger partial charge in [-0.1, -0.05) is 42.2 Å². The molecule has 5 nitrogen and oxygen atoms in total. The number of ether oxygens (including phenoxy) is 2. The van der Waals surface area contributed by atoms with Crippen molar-refractivity contribution in [2.45, 2.75) is 65.0 Å². The molecule has 1 heterocycles. The minimum absolute atomic E-state index is 0.0652. The summed E-state index contributed by atoms with van der Waals surface area (Å²) in [7, 11) is 0. The molecule has 0 atom stereocenters. The Kier molecular flexibility index (Phi) is 10.3. The van der Waals surface area contributed by atoms with Crippen molar-refractivity contribution >= 4 is 17.4 Å². The summed E-state index contributed by atoms with van der Waals surface area (Å²) in [5.74, 6) is 6.76. The second-order valence-electron chi connectivity index (χ2n) is 8.79. The number of hydrogen-bond acceptors (Lipinski definition) is 4. The minimum atomic E-state index is 0.0652. The Labute approximate surface area is 203 Å². The van der Waals surface area contributed by atoms with Crippen LogP contribution in [0.2, 0.25) is 0 Å². The van der Waals surface area contributed by atoms with Gasteiger partial charge in [0, 0.05) is 37.0 Å². The highest BCUT2D eigenvalue weighted by Gasteiger charge is 2.20. The first-order valence-electron chi connectivity index (χ1n) is 12.2. The van der Waals surface area contributed by atoms with Gasteiger partial charge in [-0.05, 0) is 56.9 Å². The number of Topliss-reactive ketones (excluding diaryl/α,β-unsaturated/α-hetero) is 1. The molecule has 0 aliphatic carbocycles. The Balaban J connectivity index is 1.43. The number of unbranched alkanes of at least 4 members (excludes halogenated alkanes) is 1. The van der Waals surface area contributed by atoms with Crippen LogP contribution < -0.4 is 4.90 Å². The highest BCUT2D eigenvalue weighted by Crippen LogP contribution is 2.26. The van der Waals surface area contributed by atoms with E-state index in [4.69, 9.17) is 9.47 Å². The van der Waals surface area contributed by atoms with E-state index in [-0.39, 0.29) is 17.8 Å². The maximum Gasteiger partial charge on any atom is 0.227 e. The second kappa shape index (κ2) is 13.7. The van der Waals surface area contributed by atoms with E-state index in [2.05, 4.69) is 11.8 Å². The van der Waals surface area contributed by atoms with Gasteiger partial charge in [-0.2, -0.15) is 0 Å². The van der Waals surface area contributed by atoms with E-state index in [0.29, 0.717) is 52.0 Å². The van der Waals surface area contributed by atoms with Crippen LogP contribution in [0.15, 0.2) is 48.5 Å². The molecule has 0 bridgehead atoms. The molecular weight excluding hydrogens is 426 g/mol. The van der Waals surface area contributed by atoms with Crippen LogP contribution in [0.25, 0.3) is 0 Å². The van der Waals surface area contributed by atoms with Crippen LogP contribution in [0.5, 0.6) is 0 Å². The fourth-order valence-electron chi connectivity index (χ4n) is 3.88. The zero-order valence-corrected chi connectivity index (χ0v) is 20.3. The van der Waals surface area contributed by atoms with Crippen molar-refractivity contribution in [2.75, 3.05) is 24.7 Å². The number of anilines is 1. The van der Waals surface area contributed by atoms with E-state index in [9.17, 15) is 9.59 Å². The quantitative estimate of drug-likeness (QED) is 0.301. The van der Waals surface area contributed by atoms with E-state index >= 15 is 0 Å². The number of ketones is 1. The zero-order chi connectivity index (χ0) is 24.2. The predicted molar refractivity (Wildman–Crippen MR) is 135 cm³/mol. The number of hydrogen-bond donors (Lipinski definition) is 0. The van der Waals surface area contributed by atoms with Crippen molar-refractivity contribution in [3.05, 3.63) is 65.2 Å². The number of rotatable bonds is 13. The summed E-state index contributed by atoms with van der Waals surface area (Å²) in [5, 5.41) is 0. The van der Waals surface area contributed by atoms with Crippen molar-refractivity contribution in [3.63, 3.8) is 0 Å². The second-order valence-corrected chi connectivity index (χ2v) is 8.79. The molecule has 2 aromatic carbocycles. The van der Waals surface area contributed by atoms with Gasteiger partial charge >= 0.3 is 0 Å². The molecule has 1 aliphatic rings. The van der Waals surface area contributed by atoms with Crippen LogP contribution in [-0.4, -0.2) is 37.6 Å². The van der Waals surface area contributed by atoms with Gasteiger partial charge in [-0.3, -0.25) is 9.59 Å². The SMILES string of the molecule is CC(C)OCCOCCCC(=O)CCCCC(=O)N1Cc2ccccc2C#Cc2ccccc21. The Morgan fingerprint density at radius 2 is 1.53 bits per heavy atom. The van der Waals surface area contributed by atoms with Crippen molar-refractivity contribution in [1.82, 2.24) is 0 Å². The molecule has 2 aromatic rings. The van der Waals surface area contributed by atoms with E-state index < -0.39 is 0 Å². The first-order chi connectivity index (χ1) is 16.5. The van der Waals surface area contributed by atoms with E-state index in [1.54, 1.807) is 0 Å². The van der Waals surface area contributed by atoms with Gasteiger partial charge in [0.2, 0.25) is 5.91 Å². The fourth-order valence-corrected chi connectivity index (χ4v) is 3.88. The van der Waals surface area contributed by atoms with E-state index in [1.807, 2.05) is 67.3 Å². The third kappa shape index (κ3) is 8.13. The Morgan fingerprint density at radius 1 is 0.853 bits per heavy atom. The highest BCUT2D eigenvalue weighted by atomic mass is 16.5. The Morgan fingerprint density at radius 3 is 2.35 bits per heavy atom. The van der Waals surface area contributed by atoms with Gasteiger partial charge in [0.05, 0.1) is 31.5 Å². The lowest BCUT2D eigenvalue weighted by Crippen LogP contribution is -2.31. The van der Waals surface area contributed by atoms with Gasteiger partial charge < -0.3 is 14.4 Å². The third-order valence-corrected chi connectivity index (χ3v) is 5.69. The van der Waals surface area contributed by atoms with Crippen molar-refractivity contribution in [3.8, 4) is 11.8 Å². The van der Waals surface area contributed by atoms with Crippen molar-refractivity contribution in [2.24, 2.45) is 0 Å². The molecule has 0 radical (unpaired) electrons. The van der Waals surface area contributed by atoms with Crippen LogP contribution in [0.1, 0.15) is 69.1 Å². The molecule has 180 valence electrons. The van der Waals surface area contributed by atoms with Crippen LogP contribution in [0, 0.1) is 11.8 Å². The molecule has 0 saturated heterocycles. The van der Waals surface area contributed by atoms with Crippen molar-refractivity contribution in [1.29, 1.82) is 0 Å². The molecule has 0 N–H and O–H groups in total. The number of benzene rings is 2. The maximum atomic E-state index is 13.2. The summed E-state index contributed by atoms with van der Waals surface area (Å²) in [5.41, 5.74) is 3.71. The van der Waals surface area contributed by atoms with Crippen LogP contribution in [-0.2, 0) is 25.6 Å². The molecule has 5 heteroatoms. The number of amides is 1. The third-order valence-electron chi connectivity index (χ3n) is 5.69. The lowest BCUT2D eigenvalue weighted by atomic mass is 10.0. The topological polar surface area (TPSA) is 55.8 Å². The first-order valence-corrected chi connectivity index (χ1v) is 12.2. The smallest absolute Gasteiger partial charge is 0.227 e. The van der Waals surface area contributed by atoms with Gasteiger partial charge in [0.15, 0.2) is 0 Å². The van der Waals surface area contributed by atoms with Crippen molar-refractivity contribution < 1.29 is 19.1 Å². The summed E-state index contributed by atoms with van der Waals surface area (Å²) in [4.78, 5) is 27.2. The minimum Gasteiger partial charge on any atom is -0.379 e. The Bertz CT molecular complexity index is 1020. The number of carbonyl (C=O) groups is 2. The molecule has 0 fully saturated rings. The fraction of sp³-hybridized carbons (Fsp3) is 0.448. The molecule has 0 unspecified atom stereocenters. The number of nitrogens with zero attached hydrogens (tertiary/aromatic N) is 1. The normalized spacial score (nSPS) is 12.3. The summed E-state index contributed by atoms with van der Waals surface area (Å²) in [6, 6.07) is 15.8. The average molecular weight is 462 g/mol. The average Bonchev–Trinajstić information content (AvgIpc) is 2.82. The van der Waals surface area contributed by atoms with E-state index in [1.165, 1.54) is 0 Å². The van der Waals surface area contributed by atoms with E-state index in [0.717, 1.165) is 35.2 Å². The van der Waals surface area contributed by atoms with Gasteiger partial charge in [-0.25, -0.2) is 0 Å². The van der Waals surface area contributed by atoms with Gasteiger partial charge in [0.1, 0.15) is 5.78 Å². The largest absolute Gasteiger partial charge is 0.379 e. The highest BCUT2D eigenvalue weighted by molar-refractivity contribution is 5.95. The number of para-hydroxylation sites is 1. The summed E-state index contributed by atoms with van der Waals surface area (Å²) >= 11 is 0. The van der Waals surface area contributed by atoms with Crippen LogP contribution in [0.3, 0.4) is 0 Å². The zero-order valence-electron chi connectivity index (χ0n) is 20.3. The summed E-state index contributed by atoms with van der Waals surface area (Å²) in [6.07, 6.45) is 3.79. The molecule has 0 spiro atoms. The molecular formula is C29H35NO4. The van der Waals surface area contributed by atoms with Gasteiger partial charge in [-0.15, -0.1) is 0 Å². The number of carbonyl (C=O) groups excluding carboxylic acids is 2. The predicted octanol–water partition coefficient (Wildman–Crippen LogP) is 5.28. The molecule has 0 saturated carbocycles. The lowest BCUT2D eigenvalue weighted by molar-refractivity contribution is -0.121. The van der Waals surface area contributed by atoms with Crippen LogP contribution in [0.4, 0.5) is 5.69 Å². The standard InChI is InChI=1S/C29H35NO4/c1-23(2)34-21-20-33-19-9-14-27(31)13-6-8-16-29(32)30-22-26-12-4-3-10-24(26)17-18-25-11-5-7-15-28(25)30/h3-5,7,10-12,15,23H,6,8-9,13-14,16,19-22H2,1-2H3. The Hall–Kier alpha value is -2.94. The molecule has 1 aliphatic heterocycles. The lowest BCUT2D eigenvalue weighted by Gasteiger charge is -2.26. The van der Waals surface area contributed by atoms with Gasteiger partial charge in [0.25, 0.3) is 0 Å². The van der Waals surface area contributed by atoms with Crippen LogP contribution >= 0.6 is 0 Å². The number of fused-ring (bicyclic) bond motifs is 2. The molecule has 0 aromatic heterocycles. The summed E-state index contributed by atoms with van der Waals surface area (Å²) in [6.45, 7) is 6.21. The molecule has 1 amide bonds. The molecule has 3 rings (SSSR count). The summed E-state index contributed by atoms with van der Waals surface area (Å²) < 4.78 is 10.9. The monoisotopic (exact) mass is 461 g/mol.